The molecule has 0 aromatic rings. The van der Waals surface area contributed by atoms with Crippen molar-refractivity contribution in [1.82, 2.24) is 0 Å². The van der Waals surface area contributed by atoms with Crippen LogP contribution >= 0.6 is 11.8 Å². The van der Waals surface area contributed by atoms with E-state index in [-0.39, 0.29) is 16.8 Å². The Morgan fingerprint density at radius 3 is 1.95 bits per heavy atom. The van der Waals surface area contributed by atoms with Crippen LogP contribution in [0.3, 0.4) is 0 Å². The van der Waals surface area contributed by atoms with Crippen molar-refractivity contribution in [3.63, 3.8) is 0 Å². The van der Waals surface area contributed by atoms with Gasteiger partial charge in [0.1, 0.15) is 0 Å². The molecule has 0 aromatic carbocycles. The highest BCUT2D eigenvalue weighted by atomic mass is 32.2. The largest absolute Gasteiger partial charge is 0.462 e. The highest BCUT2D eigenvalue weighted by Gasteiger charge is 2.28. The molecule has 0 unspecified atom stereocenters. The summed E-state index contributed by atoms with van der Waals surface area (Å²) in [6, 6.07) is 0. The standard InChI is InChI=1S/C18H28O2S/c1-9-20-16(19)13-11-15(18(6,7)8)21-14(10-12(13)2)17(3,4)5/h10-11H,9H2,1-8H3. The number of allylic oxidation sites excluding steroid dienone is 4. The van der Waals surface area contributed by atoms with E-state index in [0.29, 0.717) is 12.2 Å². The van der Waals surface area contributed by atoms with E-state index in [2.05, 4.69) is 47.6 Å². The molecule has 0 N–H and O–H groups in total. The molecule has 21 heavy (non-hydrogen) atoms. The van der Waals surface area contributed by atoms with Crippen molar-refractivity contribution >= 4 is 17.7 Å². The molecule has 0 atom stereocenters. The van der Waals surface area contributed by atoms with Gasteiger partial charge in [0, 0.05) is 0 Å². The van der Waals surface area contributed by atoms with Gasteiger partial charge >= 0.3 is 5.97 Å². The molecule has 0 radical (unpaired) electrons. The van der Waals surface area contributed by atoms with Gasteiger partial charge < -0.3 is 4.74 Å². The molecule has 0 saturated carbocycles. The lowest BCUT2D eigenvalue weighted by atomic mass is 9.93. The summed E-state index contributed by atoms with van der Waals surface area (Å²) in [7, 11) is 0. The summed E-state index contributed by atoms with van der Waals surface area (Å²) >= 11 is 1.78. The Kier molecular flexibility index (Phi) is 5.54. The second-order valence-corrected chi connectivity index (χ2v) is 8.52. The quantitative estimate of drug-likeness (QED) is 0.632. The van der Waals surface area contributed by atoms with Crippen molar-refractivity contribution in [3.8, 4) is 0 Å². The number of rotatable bonds is 2. The maximum atomic E-state index is 12.2. The van der Waals surface area contributed by atoms with E-state index in [9.17, 15) is 4.79 Å². The lowest BCUT2D eigenvalue weighted by Gasteiger charge is -2.28. The molecule has 1 rings (SSSR count). The number of carbonyl (C=O) groups is 1. The van der Waals surface area contributed by atoms with E-state index in [1.54, 1.807) is 11.8 Å². The molecular formula is C18H28O2S. The molecule has 118 valence electrons. The van der Waals surface area contributed by atoms with Crippen molar-refractivity contribution in [2.45, 2.75) is 55.4 Å². The third kappa shape index (κ3) is 4.77. The molecule has 3 heteroatoms. The average Bonchev–Trinajstić information content (AvgIpc) is 2.47. The zero-order valence-corrected chi connectivity index (χ0v) is 15.4. The molecule has 1 heterocycles. The van der Waals surface area contributed by atoms with Crippen LogP contribution in [0, 0.1) is 10.8 Å². The third-order valence-electron chi connectivity index (χ3n) is 3.24. The first kappa shape index (κ1) is 18.1. The van der Waals surface area contributed by atoms with Crippen molar-refractivity contribution in [2.24, 2.45) is 10.8 Å². The monoisotopic (exact) mass is 308 g/mol. The van der Waals surface area contributed by atoms with Gasteiger partial charge in [-0.1, -0.05) is 53.3 Å². The molecule has 1 aliphatic rings. The van der Waals surface area contributed by atoms with Gasteiger partial charge in [0.25, 0.3) is 0 Å². The van der Waals surface area contributed by atoms with E-state index in [0.717, 1.165) is 5.57 Å². The van der Waals surface area contributed by atoms with Gasteiger partial charge in [0.2, 0.25) is 0 Å². The molecule has 1 aliphatic heterocycles. The number of hydrogen-bond acceptors (Lipinski definition) is 3. The number of hydrogen-bond donors (Lipinski definition) is 0. The van der Waals surface area contributed by atoms with Crippen LogP contribution in [0.4, 0.5) is 0 Å². The second kappa shape index (κ2) is 6.43. The van der Waals surface area contributed by atoms with Crippen LogP contribution in [0.5, 0.6) is 0 Å². The smallest absolute Gasteiger partial charge is 0.338 e. The first-order chi connectivity index (χ1) is 9.46. The van der Waals surface area contributed by atoms with Crippen molar-refractivity contribution in [1.29, 1.82) is 0 Å². The Bertz CT molecular complexity index is 508. The third-order valence-corrected chi connectivity index (χ3v) is 5.14. The summed E-state index contributed by atoms with van der Waals surface area (Å²) in [5, 5.41) is 0. The van der Waals surface area contributed by atoms with Crippen molar-refractivity contribution < 1.29 is 9.53 Å². The number of carbonyl (C=O) groups excluding carboxylic acids is 1. The normalized spacial score (nSPS) is 17.1. The van der Waals surface area contributed by atoms with Crippen molar-refractivity contribution in [3.05, 3.63) is 33.1 Å². The minimum absolute atomic E-state index is 0.00261. The van der Waals surface area contributed by atoms with Gasteiger partial charge in [0.05, 0.1) is 12.2 Å². The van der Waals surface area contributed by atoms with Gasteiger partial charge in [-0.3, -0.25) is 0 Å². The molecule has 0 bridgehead atoms. The maximum absolute atomic E-state index is 12.2. The number of thioether (sulfide) groups is 1. The van der Waals surface area contributed by atoms with Gasteiger partial charge in [-0.25, -0.2) is 4.79 Å². The highest BCUT2D eigenvalue weighted by molar-refractivity contribution is 8.06. The van der Waals surface area contributed by atoms with Crippen LogP contribution in [0.25, 0.3) is 0 Å². The summed E-state index contributed by atoms with van der Waals surface area (Å²) < 4.78 is 5.21. The van der Waals surface area contributed by atoms with Crippen LogP contribution in [0.1, 0.15) is 55.4 Å². The van der Waals surface area contributed by atoms with Crippen LogP contribution in [0.2, 0.25) is 0 Å². The Labute approximate surface area is 133 Å². The summed E-state index contributed by atoms with van der Waals surface area (Å²) in [5.41, 5.74) is 1.70. The van der Waals surface area contributed by atoms with E-state index in [1.807, 2.05) is 19.9 Å². The van der Waals surface area contributed by atoms with Crippen molar-refractivity contribution in [2.75, 3.05) is 6.61 Å². The van der Waals surface area contributed by atoms with E-state index in [4.69, 9.17) is 4.74 Å². The fraction of sp³-hybridized carbons (Fsp3) is 0.611. The van der Waals surface area contributed by atoms with E-state index < -0.39 is 0 Å². The van der Waals surface area contributed by atoms with Crippen LogP contribution in [-0.4, -0.2) is 12.6 Å². The highest BCUT2D eigenvalue weighted by Crippen LogP contribution is 2.47. The Morgan fingerprint density at radius 1 is 1.05 bits per heavy atom. The van der Waals surface area contributed by atoms with Gasteiger partial charge in [-0.05, 0) is 52.2 Å². The zero-order chi connectivity index (χ0) is 16.4. The summed E-state index contributed by atoms with van der Waals surface area (Å²) in [5.74, 6) is -0.233. The van der Waals surface area contributed by atoms with Crippen LogP contribution < -0.4 is 0 Å². The predicted octanol–water partition coefficient (Wildman–Crippen LogP) is 5.47. The minimum Gasteiger partial charge on any atom is -0.462 e. The fourth-order valence-corrected chi connectivity index (χ4v) is 3.13. The second-order valence-electron chi connectivity index (χ2n) is 7.44. The Balaban J connectivity index is 3.43. The molecule has 0 fully saturated rings. The van der Waals surface area contributed by atoms with Gasteiger partial charge in [-0.15, -0.1) is 0 Å². The first-order valence-corrected chi connectivity index (χ1v) is 8.28. The summed E-state index contributed by atoms with van der Waals surface area (Å²) in [6.45, 7) is 17.4. The molecule has 0 amide bonds. The summed E-state index contributed by atoms with van der Waals surface area (Å²) in [4.78, 5) is 14.7. The lowest BCUT2D eigenvalue weighted by Crippen LogP contribution is -2.12. The molecule has 0 aliphatic carbocycles. The van der Waals surface area contributed by atoms with Gasteiger partial charge in [0.15, 0.2) is 0 Å². The molecule has 0 saturated heterocycles. The molecule has 0 spiro atoms. The SMILES string of the molecule is CCOC(=O)C1=C(C)C=C(C(C)(C)C)SC(C(C)(C)C)=C1. The van der Waals surface area contributed by atoms with Crippen LogP contribution in [0.15, 0.2) is 33.1 Å². The number of ether oxygens (including phenoxy) is 1. The fourth-order valence-electron chi connectivity index (χ4n) is 1.86. The molecule has 2 nitrogen and oxygen atoms in total. The van der Waals surface area contributed by atoms with E-state index in [1.165, 1.54) is 9.81 Å². The van der Waals surface area contributed by atoms with Gasteiger partial charge in [-0.2, -0.15) is 0 Å². The van der Waals surface area contributed by atoms with E-state index >= 15 is 0 Å². The Morgan fingerprint density at radius 2 is 1.52 bits per heavy atom. The maximum Gasteiger partial charge on any atom is 0.338 e. The molecular weight excluding hydrogens is 280 g/mol. The first-order valence-electron chi connectivity index (χ1n) is 7.47. The lowest BCUT2D eigenvalue weighted by molar-refractivity contribution is -0.138. The summed E-state index contributed by atoms with van der Waals surface area (Å²) in [6.07, 6.45) is 4.14. The number of esters is 1. The van der Waals surface area contributed by atoms with Crippen LogP contribution in [-0.2, 0) is 9.53 Å². The Hall–Kier alpha value is -0.960. The minimum atomic E-state index is -0.233. The topological polar surface area (TPSA) is 26.3 Å². The average molecular weight is 308 g/mol. The zero-order valence-electron chi connectivity index (χ0n) is 14.6. The molecule has 0 aromatic heterocycles. The predicted molar refractivity (Wildman–Crippen MR) is 92.0 cm³/mol.